The molecule has 2 heterocycles. The molecule has 1 aromatic carbocycles. The molecule has 146 valence electrons. The summed E-state index contributed by atoms with van der Waals surface area (Å²) in [5.74, 6) is -0.0374. The third-order valence-corrected chi connectivity index (χ3v) is 5.30. The van der Waals surface area contributed by atoms with Gasteiger partial charge in [0.15, 0.2) is 5.72 Å². The summed E-state index contributed by atoms with van der Waals surface area (Å²) in [5.41, 5.74) is -2.24. The molecule has 2 amide bonds. The van der Waals surface area contributed by atoms with Crippen LogP contribution in [0, 0.1) is 0 Å². The first-order valence-electron chi connectivity index (χ1n) is 9.41. The molecule has 1 saturated heterocycles. The van der Waals surface area contributed by atoms with Gasteiger partial charge >= 0.3 is 6.09 Å². The van der Waals surface area contributed by atoms with Crippen LogP contribution in [0.5, 0.6) is 0 Å². The molecule has 0 aliphatic carbocycles. The molecule has 0 radical (unpaired) electrons. The Balaban J connectivity index is 2.14. The zero-order valence-corrected chi connectivity index (χ0v) is 16.5. The normalized spacial score (nSPS) is 26.8. The molecule has 2 atom stereocenters. The number of fused-ring (bicyclic) bond motifs is 2. The highest BCUT2D eigenvalue weighted by Gasteiger charge is 2.71. The zero-order valence-electron chi connectivity index (χ0n) is 16.5. The van der Waals surface area contributed by atoms with Crippen molar-refractivity contribution < 1.29 is 19.4 Å². The second-order valence-corrected chi connectivity index (χ2v) is 8.20. The van der Waals surface area contributed by atoms with Crippen LogP contribution in [0.15, 0.2) is 36.9 Å². The summed E-state index contributed by atoms with van der Waals surface area (Å²) in [6, 6.07) is 7.28. The SMILES string of the molecule is C=CC1(O)N(C(=O)OC(C)(C)C)c2ccccc2C12CC(=O)N2CCCC. The molecule has 2 aliphatic heterocycles. The molecule has 2 unspecified atom stereocenters. The molecule has 1 fully saturated rings. The fraction of sp³-hybridized carbons (Fsp3) is 0.524. The molecule has 27 heavy (non-hydrogen) atoms. The largest absolute Gasteiger partial charge is 0.443 e. The van der Waals surface area contributed by atoms with E-state index in [2.05, 4.69) is 6.58 Å². The first-order valence-corrected chi connectivity index (χ1v) is 9.41. The van der Waals surface area contributed by atoms with Gasteiger partial charge in [0, 0.05) is 12.1 Å². The van der Waals surface area contributed by atoms with Crippen LogP contribution in [0.2, 0.25) is 0 Å². The van der Waals surface area contributed by atoms with Crippen LogP contribution in [0.25, 0.3) is 0 Å². The summed E-state index contributed by atoms with van der Waals surface area (Å²) in [6.45, 7) is 11.7. The number of ether oxygens (including phenoxy) is 1. The molecule has 1 spiro atoms. The van der Waals surface area contributed by atoms with Gasteiger partial charge in [-0.25, -0.2) is 9.69 Å². The van der Waals surface area contributed by atoms with Crippen LogP contribution in [0.1, 0.15) is 52.5 Å². The lowest BCUT2D eigenvalue weighted by Gasteiger charge is -2.56. The molecule has 6 heteroatoms. The van der Waals surface area contributed by atoms with Crippen molar-refractivity contribution in [1.82, 2.24) is 4.90 Å². The summed E-state index contributed by atoms with van der Waals surface area (Å²) in [7, 11) is 0. The lowest BCUT2D eigenvalue weighted by molar-refractivity contribution is -0.180. The molecule has 6 nitrogen and oxygen atoms in total. The number of hydrogen-bond acceptors (Lipinski definition) is 4. The second kappa shape index (κ2) is 6.37. The molecular weight excluding hydrogens is 344 g/mol. The monoisotopic (exact) mass is 372 g/mol. The number of aliphatic hydroxyl groups is 1. The minimum atomic E-state index is -1.78. The number of carbonyl (C=O) groups excluding carboxylic acids is 2. The number of β-lactam (4-membered cyclic amide) rings is 1. The van der Waals surface area contributed by atoms with E-state index in [1.807, 2.05) is 19.1 Å². The maximum absolute atomic E-state index is 13.0. The van der Waals surface area contributed by atoms with E-state index >= 15 is 0 Å². The fourth-order valence-electron chi connectivity index (χ4n) is 4.12. The van der Waals surface area contributed by atoms with Gasteiger partial charge in [-0.3, -0.25) is 4.79 Å². The van der Waals surface area contributed by atoms with Crippen molar-refractivity contribution in [3.63, 3.8) is 0 Å². The summed E-state index contributed by atoms with van der Waals surface area (Å²) in [5, 5.41) is 11.7. The van der Waals surface area contributed by atoms with Crippen LogP contribution in [0.4, 0.5) is 10.5 Å². The van der Waals surface area contributed by atoms with E-state index in [1.54, 1.807) is 37.8 Å². The lowest BCUT2D eigenvalue weighted by atomic mass is 9.71. The van der Waals surface area contributed by atoms with Crippen LogP contribution in [0.3, 0.4) is 0 Å². The van der Waals surface area contributed by atoms with Gasteiger partial charge in [0.2, 0.25) is 5.91 Å². The standard InChI is InChI=1S/C21H28N2O4/c1-6-8-13-22-17(24)14-20(22)15-11-9-10-12-16(15)23(21(20,26)7-2)18(25)27-19(3,4)5/h7,9-12,26H,2,6,8,13-14H2,1,3-5H3. The van der Waals surface area contributed by atoms with Gasteiger partial charge in [-0.2, -0.15) is 0 Å². The Bertz CT molecular complexity index is 785. The van der Waals surface area contributed by atoms with Gasteiger partial charge in [0.25, 0.3) is 0 Å². The second-order valence-electron chi connectivity index (χ2n) is 8.20. The highest BCUT2D eigenvalue weighted by Crippen LogP contribution is 2.59. The van der Waals surface area contributed by atoms with Crippen molar-refractivity contribution in [2.45, 2.75) is 63.8 Å². The number of hydrogen-bond donors (Lipinski definition) is 1. The van der Waals surface area contributed by atoms with E-state index in [9.17, 15) is 14.7 Å². The van der Waals surface area contributed by atoms with Gasteiger partial charge in [-0.05, 0) is 39.3 Å². The van der Waals surface area contributed by atoms with Crippen LogP contribution < -0.4 is 4.90 Å². The Labute approximate surface area is 160 Å². The Morgan fingerprint density at radius 1 is 1.37 bits per heavy atom. The quantitative estimate of drug-likeness (QED) is 0.648. The van der Waals surface area contributed by atoms with Crippen molar-refractivity contribution in [2.75, 3.05) is 11.4 Å². The Morgan fingerprint density at radius 2 is 2.04 bits per heavy atom. The molecule has 0 saturated carbocycles. The number of para-hydroxylation sites is 1. The van der Waals surface area contributed by atoms with E-state index in [0.717, 1.165) is 18.4 Å². The average Bonchev–Trinajstić information content (AvgIpc) is 2.81. The number of amides is 2. The summed E-state index contributed by atoms with van der Waals surface area (Å²) < 4.78 is 5.56. The third-order valence-electron chi connectivity index (χ3n) is 5.30. The maximum Gasteiger partial charge on any atom is 0.417 e. The number of likely N-dealkylation sites (tertiary alicyclic amines) is 1. The zero-order chi connectivity index (χ0) is 20.0. The fourth-order valence-corrected chi connectivity index (χ4v) is 4.12. The molecule has 3 rings (SSSR count). The smallest absolute Gasteiger partial charge is 0.417 e. The molecule has 0 aromatic heterocycles. The van der Waals surface area contributed by atoms with Crippen molar-refractivity contribution in [2.24, 2.45) is 0 Å². The number of rotatable bonds is 4. The first kappa shape index (κ1) is 19.4. The van der Waals surface area contributed by atoms with Crippen molar-refractivity contribution in [3.05, 3.63) is 42.5 Å². The minimum absolute atomic E-state index is 0.0374. The van der Waals surface area contributed by atoms with Gasteiger partial charge < -0.3 is 14.7 Å². The topological polar surface area (TPSA) is 70.1 Å². The average molecular weight is 372 g/mol. The van der Waals surface area contributed by atoms with Crippen LogP contribution >= 0.6 is 0 Å². The molecule has 0 bridgehead atoms. The number of unbranched alkanes of at least 4 members (excludes halogenated alkanes) is 1. The number of anilines is 1. The van der Waals surface area contributed by atoms with E-state index < -0.39 is 23.0 Å². The number of carbonyl (C=O) groups is 2. The minimum Gasteiger partial charge on any atom is -0.443 e. The third kappa shape index (κ3) is 2.65. The predicted octanol–water partition coefficient (Wildman–Crippen LogP) is 3.54. The highest BCUT2D eigenvalue weighted by atomic mass is 16.6. The molecule has 1 aromatic rings. The lowest BCUT2D eigenvalue weighted by Crippen LogP contribution is -2.73. The van der Waals surface area contributed by atoms with Crippen molar-refractivity contribution in [3.8, 4) is 0 Å². The van der Waals surface area contributed by atoms with Crippen molar-refractivity contribution >= 4 is 17.7 Å². The summed E-state index contributed by atoms with van der Waals surface area (Å²) in [6.07, 6.45) is 2.54. The van der Waals surface area contributed by atoms with E-state index in [-0.39, 0.29) is 12.3 Å². The summed E-state index contributed by atoms with van der Waals surface area (Å²) in [4.78, 5) is 28.4. The van der Waals surface area contributed by atoms with E-state index in [1.165, 1.54) is 11.0 Å². The van der Waals surface area contributed by atoms with Gasteiger partial charge in [-0.15, -0.1) is 0 Å². The van der Waals surface area contributed by atoms with Crippen LogP contribution in [-0.2, 0) is 15.1 Å². The van der Waals surface area contributed by atoms with Gasteiger partial charge in [0.1, 0.15) is 11.1 Å². The first-order chi connectivity index (χ1) is 12.6. The van der Waals surface area contributed by atoms with Gasteiger partial charge in [-0.1, -0.05) is 38.1 Å². The molecule has 2 aliphatic rings. The Hall–Kier alpha value is -2.34. The van der Waals surface area contributed by atoms with Gasteiger partial charge in [0.05, 0.1) is 12.1 Å². The molecule has 1 N–H and O–H groups in total. The number of nitrogens with zero attached hydrogens (tertiary/aromatic N) is 2. The highest BCUT2D eigenvalue weighted by molar-refractivity contribution is 5.98. The Morgan fingerprint density at radius 3 is 2.59 bits per heavy atom. The molecular formula is C21H28N2O4. The van der Waals surface area contributed by atoms with E-state index in [4.69, 9.17) is 4.74 Å². The summed E-state index contributed by atoms with van der Waals surface area (Å²) >= 11 is 0. The van der Waals surface area contributed by atoms with Crippen LogP contribution in [-0.4, -0.2) is 39.9 Å². The predicted molar refractivity (Wildman–Crippen MR) is 103 cm³/mol. The maximum atomic E-state index is 13.0. The number of benzene rings is 1. The van der Waals surface area contributed by atoms with E-state index in [0.29, 0.717) is 12.2 Å². The van der Waals surface area contributed by atoms with Crippen molar-refractivity contribution in [1.29, 1.82) is 0 Å². The Kier molecular flexibility index (Phi) is 4.58.